The summed E-state index contributed by atoms with van der Waals surface area (Å²) in [5.41, 5.74) is 0.533. The van der Waals surface area contributed by atoms with Crippen molar-refractivity contribution in [3.05, 3.63) is 29.8 Å². The Morgan fingerprint density at radius 1 is 1.19 bits per heavy atom. The normalized spacial score (nSPS) is 17.8. The Bertz CT molecular complexity index is 673. The minimum absolute atomic E-state index is 0. The average Bonchev–Trinajstić information content (AvgIpc) is 2.61. The molecule has 1 unspecified atom stereocenters. The largest absolute Gasteiger partial charge is 0.333 e. The molecule has 26 heavy (non-hydrogen) atoms. The third kappa shape index (κ3) is 5.19. The number of rotatable bonds is 7. The summed E-state index contributed by atoms with van der Waals surface area (Å²) in [6.45, 7) is 9.19. The molecular weight excluding hydrogens is 374 g/mol. The van der Waals surface area contributed by atoms with E-state index >= 15 is 0 Å². The SMILES string of the molecule is CCCN(CCC)S(=O)(=O)c1ccc(C(=O)N2CCNCC2C)cc1.Cl. The van der Waals surface area contributed by atoms with E-state index in [1.165, 1.54) is 4.31 Å². The van der Waals surface area contributed by atoms with Gasteiger partial charge in [0.25, 0.3) is 5.91 Å². The van der Waals surface area contributed by atoms with Crippen LogP contribution in [0.15, 0.2) is 29.2 Å². The molecule has 1 aliphatic rings. The van der Waals surface area contributed by atoms with Gasteiger partial charge in [0.05, 0.1) is 4.90 Å². The van der Waals surface area contributed by atoms with Crippen LogP contribution in [0.5, 0.6) is 0 Å². The van der Waals surface area contributed by atoms with Crippen LogP contribution < -0.4 is 5.32 Å². The minimum Gasteiger partial charge on any atom is -0.333 e. The summed E-state index contributed by atoms with van der Waals surface area (Å²) < 4.78 is 27.1. The number of amides is 1. The summed E-state index contributed by atoms with van der Waals surface area (Å²) in [5.74, 6) is -0.0445. The Hall–Kier alpha value is -1.15. The van der Waals surface area contributed by atoms with Gasteiger partial charge in [0, 0.05) is 44.3 Å². The Balaban J connectivity index is 0.00000338. The number of carbonyl (C=O) groups excluding carboxylic acids is 1. The highest BCUT2D eigenvalue weighted by Gasteiger charge is 2.26. The van der Waals surface area contributed by atoms with Crippen LogP contribution in [-0.2, 0) is 10.0 Å². The maximum absolute atomic E-state index is 12.8. The van der Waals surface area contributed by atoms with Gasteiger partial charge in [-0.1, -0.05) is 13.8 Å². The van der Waals surface area contributed by atoms with Gasteiger partial charge >= 0.3 is 0 Å². The first-order chi connectivity index (χ1) is 11.9. The molecule has 0 spiro atoms. The van der Waals surface area contributed by atoms with Crippen LogP contribution in [0.1, 0.15) is 44.0 Å². The van der Waals surface area contributed by atoms with Crippen molar-refractivity contribution in [1.82, 2.24) is 14.5 Å². The number of piperazine rings is 1. The molecule has 0 aliphatic carbocycles. The lowest BCUT2D eigenvalue weighted by Crippen LogP contribution is -2.52. The lowest BCUT2D eigenvalue weighted by molar-refractivity contribution is 0.0655. The third-order valence-electron chi connectivity index (χ3n) is 4.45. The molecule has 1 atom stereocenters. The summed E-state index contributed by atoms with van der Waals surface area (Å²) >= 11 is 0. The fraction of sp³-hybridized carbons (Fsp3) is 0.611. The molecule has 1 heterocycles. The monoisotopic (exact) mass is 403 g/mol. The van der Waals surface area contributed by atoms with Gasteiger partial charge in [-0.15, -0.1) is 12.4 Å². The molecule has 1 fully saturated rings. The van der Waals surface area contributed by atoms with Gasteiger partial charge in [-0.3, -0.25) is 4.79 Å². The molecule has 1 aliphatic heterocycles. The van der Waals surface area contributed by atoms with Gasteiger partial charge in [-0.2, -0.15) is 4.31 Å². The number of hydrogen-bond donors (Lipinski definition) is 1. The molecule has 0 saturated carbocycles. The number of sulfonamides is 1. The zero-order valence-electron chi connectivity index (χ0n) is 15.8. The zero-order valence-corrected chi connectivity index (χ0v) is 17.4. The highest BCUT2D eigenvalue weighted by Crippen LogP contribution is 2.19. The van der Waals surface area contributed by atoms with Gasteiger partial charge in [0.1, 0.15) is 0 Å². The van der Waals surface area contributed by atoms with Crippen LogP contribution in [0.2, 0.25) is 0 Å². The first-order valence-electron chi connectivity index (χ1n) is 9.03. The molecule has 8 heteroatoms. The zero-order chi connectivity index (χ0) is 18.4. The van der Waals surface area contributed by atoms with E-state index in [9.17, 15) is 13.2 Å². The molecule has 148 valence electrons. The fourth-order valence-corrected chi connectivity index (χ4v) is 4.70. The number of benzene rings is 1. The molecule has 0 bridgehead atoms. The van der Waals surface area contributed by atoms with Crippen molar-refractivity contribution in [1.29, 1.82) is 0 Å². The number of hydrogen-bond acceptors (Lipinski definition) is 4. The maximum atomic E-state index is 12.8. The number of halogens is 1. The van der Waals surface area contributed by atoms with Crippen molar-refractivity contribution < 1.29 is 13.2 Å². The minimum atomic E-state index is -3.51. The Morgan fingerprint density at radius 2 is 1.77 bits per heavy atom. The van der Waals surface area contributed by atoms with Gasteiger partial charge in [-0.05, 0) is 44.0 Å². The Kier molecular flexibility index (Phi) is 9.03. The molecule has 1 aromatic rings. The first-order valence-corrected chi connectivity index (χ1v) is 10.5. The predicted molar refractivity (Wildman–Crippen MR) is 106 cm³/mol. The van der Waals surface area contributed by atoms with Gasteiger partial charge in [-0.25, -0.2) is 8.42 Å². The number of nitrogens with one attached hydrogen (secondary N) is 1. The molecule has 6 nitrogen and oxygen atoms in total. The van der Waals surface area contributed by atoms with E-state index in [1.54, 1.807) is 24.3 Å². The second-order valence-corrected chi connectivity index (χ2v) is 8.42. The van der Waals surface area contributed by atoms with E-state index in [0.29, 0.717) is 25.2 Å². The number of nitrogens with zero attached hydrogens (tertiary/aromatic N) is 2. The van der Waals surface area contributed by atoms with Crippen molar-refractivity contribution in [3.8, 4) is 0 Å². The van der Waals surface area contributed by atoms with E-state index in [-0.39, 0.29) is 29.3 Å². The topological polar surface area (TPSA) is 69.7 Å². The Labute approximate surface area is 163 Å². The van der Waals surface area contributed by atoms with E-state index < -0.39 is 10.0 Å². The summed E-state index contributed by atoms with van der Waals surface area (Å²) in [5, 5.41) is 3.26. The summed E-state index contributed by atoms with van der Waals surface area (Å²) in [6, 6.07) is 6.48. The van der Waals surface area contributed by atoms with E-state index in [1.807, 2.05) is 25.7 Å². The molecule has 1 saturated heterocycles. The van der Waals surface area contributed by atoms with Gasteiger partial charge < -0.3 is 10.2 Å². The molecule has 0 aromatic heterocycles. The van der Waals surface area contributed by atoms with Crippen molar-refractivity contribution in [2.45, 2.75) is 44.6 Å². The highest BCUT2D eigenvalue weighted by atomic mass is 35.5. The van der Waals surface area contributed by atoms with Gasteiger partial charge in [0.15, 0.2) is 0 Å². The molecule has 1 amide bonds. The van der Waals surface area contributed by atoms with Crippen molar-refractivity contribution in [2.75, 3.05) is 32.7 Å². The molecular formula is C18H30ClN3O3S. The Morgan fingerprint density at radius 3 is 2.27 bits per heavy atom. The van der Waals surface area contributed by atoms with Crippen molar-refractivity contribution >= 4 is 28.3 Å². The molecule has 1 N–H and O–H groups in total. The smallest absolute Gasteiger partial charge is 0.254 e. The van der Waals surface area contributed by atoms with Crippen LogP contribution in [-0.4, -0.2) is 62.3 Å². The van der Waals surface area contributed by atoms with Crippen LogP contribution in [0.25, 0.3) is 0 Å². The lowest BCUT2D eigenvalue weighted by atomic mass is 10.1. The quantitative estimate of drug-likeness (QED) is 0.758. The second kappa shape index (κ2) is 10.3. The number of carbonyl (C=O) groups is 1. The standard InChI is InChI=1S/C18H29N3O3S.ClH/c1-4-11-20(12-5-2)25(23,24)17-8-6-16(7-9-17)18(22)21-13-10-19-14-15(21)3;/h6-9,15,19H,4-5,10-14H2,1-3H3;1H. The van der Waals surface area contributed by atoms with E-state index in [0.717, 1.165) is 25.9 Å². The van der Waals surface area contributed by atoms with E-state index in [2.05, 4.69) is 5.32 Å². The summed E-state index contributed by atoms with van der Waals surface area (Å²) in [4.78, 5) is 14.7. The molecule has 0 radical (unpaired) electrons. The van der Waals surface area contributed by atoms with Crippen molar-refractivity contribution in [2.24, 2.45) is 0 Å². The van der Waals surface area contributed by atoms with Crippen LogP contribution in [0.3, 0.4) is 0 Å². The van der Waals surface area contributed by atoms with E-state index in [4.69, 9.17) is 0 Å². The first kappa shape index (κ1) is 22.9. The maximum Gasteiger partial charge on any atom is 0.254 e. The van der Waals surface area contributed by atoms with Crippen LogP contribution in [0.4, 0.5) is 0 Å². The summed E-state index contributed by atoms with van der Waals surface area (Å²) in [6.07, 6.45) is 1.55. The van der Waals surface area contributed by atoms with Crippen LogP contribution in [0, 0.1) is 0 Å². The second-order valence-electron chi connectivity index (χ2n) is 6.48. The molecule has 1 aromatic carbocycles. The molecule has 2 rings (SSSR count). The summed E-state index contributed by atoms with van der Waals surface area (Å²) in [7, 11) is -3.51. The van der Waals surface area contributed by atoms with Gasteiger partial charge in [0.2, 0.25) is 10.0 Å². The van der Waals surface area contributed by atoms with Crippen molar-refractivity contribution in [3.63, 3.8) is 0 Å². The predicted octanol–water partition coefficient (Wildman–Crippen LogP) is 2.35. The lowest BCUT2D eigenvalue weighted by Gasteiger charge is -2.34. The van der Waals surface area contributed by atoms with Crippen LogP contribution >= 0.6 is 12.4 Å². The average molecular weight is 404 g/mol. The third-order valence-corrected chi connectivity index (χ3v) is 6.36. The fourth-order valence-electron chi connectivity index (χ4n) is 3.08. The highest BCUT2D eigenvalue weighted by molar-refractivity contribution is 7.89.